The monoisotopic (exact) mass is 326 g/mol. The van der Waals surface area contributed by atoms with Gasteiger partial charge in [0.25, 0.3) is 0 Å². The number of nitrogens with zero attached hydrogens (tertiary/aromatic N) is 4. The van der Waals surface area contributed by atoms with E-state index in [4.69, 9.17) is 10.3 Å². The van der Waals surface area contributed by atoms with Crippen molar-refractivity contribution < 1.29 is 4.52 Å². The normalized spacial score (nSPS) is 11.3. The third-order valence-corrected chi connectivity index (χ3v) is 3.65. The molecule has 3 N–H and O–H groups in total. The molecule has 0 aliphatic rings. The lowest BCUT2D eigenvalue weighted by atomic mass is 10.2. The molecule has 0 atom stereocenters. The van der Waals surface area contributed by atoms with Gasteiger partial charge in [-0.1, -0.05) is 31.1 Å². The summed E-state index contributed by atoms with van der Waals surface area (Å²) in [4.78, 5) is 13.5. The van der Waals surface area contributed by atoms with E-state index in [0.29, 0.717) is 31.8 Å². The zero-order chi connectivity index (χ0) is 16.9. The summed E-state index contributed by atoms with van der Waals surface area (Å²) in [5, 5.41) is 8.32. The average molecular weight is 326 g/mol. The number of fused-ring (bicyclic) bond motifs is 1. The highest BCUT2D eigenvalue weighted by molar-refractivity contribution is 5.88. The van der Waals surface area contributed by atoms with E-state index in [2.05, 4.69) is 25.4 Å². The summed E-state index contributed by atoms with van der Waals surface area (Å²) in [6.45, 7) is 5.26. The topological polar surface area (TPSA) is 103 Å². The molecule has 0 saturated heterocycles. The third-order valence-electron chi connectivity index (χ3n) is 3.65. The molecular formula is C17H22N6O. The fourth-order valence-electron chi connectivity index (χ4n) is 2.39. The van der Waals surface area contributed by atoms with Crippen LogP contribution in [0.15, 0.2) is 28.8 Å². The molecule has 0 unspecified atom stereocenters. The van der Waals surface area contributed by atoms with Gasteiger partial charge in [-0.05, 0) is 18.7 Å². The molecule has 24 heavy (non-hydrogen) atoms. The van der Waals surface area contributed by atoms with Crippen molar-refractivity contribution in [1.82, 2.24) is 20.1 Å². The molecule has 7 nitrogen and oxygen atoms in total. The number of rotatable bonds is 7. The molecule has 126 valence electrons. The molecule has 0 amide bonds. The summed E-state index contributed by atoms with van der Waals surface area (Å²) >= 11 is 0. The van der Waals surface area contributed by atoms with Crippen LogP contribution in [0.1, 0.15) is 37.3 Å². The number of hydrogen-bond donors (Lipinski definition) is 2. The van der Waals surface area contributed by atoms with Crippen molar-refractivity contribution in [3.8, 4) is 0 Å². The maximum Gasteiger partial charge on any atom is 0.228 e. The van der Waals surface area contributed by atoms with Crippen molar-refractivity contribution in [3.05, 3.63) is 41.8 Å². The average Bonchev–Trinajstić information content (AvgIpc) is 3.04. The molecule has 3 aromatic rings. The molecule has 0 fully saturated rings. The second-order valence-electron chi connectivity index (χ2n) is 5.92. The molecule has 3 rings (SSSR count). The first-order chi connectivity index (χ1) is 11.7. The van der Waals surface area contributed by atoms with Gasteiger partial charge in [-0.25, -0.2) is 9.97 Å². The van der Waals surface area contributed by atoms with Crippen LogP contribution in [-0.2, 0) is 12.8 Å². The fraction of sp³-hybridized carbons (Fsp3) is 0.412. The van der Waals surface area contributed by atoms with Crippen LogP contribution < -0.4 is 11.1 Å². The minimum atomic E-state index is 0.264. The van der Waals surface area contributed by atoms with Gasteiger partial charge in [0.05, 0.1) is 5.52 Å². The van der Waals surface area contributed by atoms with Crippen LogP contribution in [0.2, 0.25) is 0 Å². The summed E-state index contributed by atoms with van der Waals surface area (Å²) < 4.78 is 5.26. The van der Waals surface area contributed by atoms with E-state index in [1.807, 2.05) is 38.1 Å². The predicted molar refractivity (Wildman–Crippen MR) is 92.9 cm³/mol. The minimum Gasteiger partial charge on any atom is -0.369 e. The fourth-order valence-corrected chi connectivity index (χ4v) is 2.39. The summed E-state index contributed by atoms with van der Waals surface area (Å²) in [7, 11) is 0. The van der Waals surface area contributed by atoms with E-state index in [9.17, 15) is 0 Å². The summed E-state index contributed by atoms with van der Waals surface area (Å²) in [6.07, 6.45) is 1.30. The SMILES string of the molecule is CC(C)c1noc(CCNc2nc(CCN)nc3ccccc23)n1. The number of aromatic nitrogens is 4. The van der Waals surface area contributed by atoms with Gasteiger partial charge >= 0.3 is 0 Å². The smallest absolute Gasteiger partial charge is 0.228 e. The second kappa shape index (κ2) is 7.35. The van der Waals surface area contributed by atoms with Crippen molar-refractivity contribution in [2.45, 2.75) is 32.6 Å². The molecule has 0 aliphatic heterocycles. The Kier molecular flexibility index (Phi) is 5.00. The van der Waals surface area contributed by atoms with Gasteiger partial charge in [-0.15, -0.1) is 0 Å². The molecule has 0 aliphatic carbocycles. The van der Waals surface area contributed by atoms with Gasteiger partial charge in [0.1, 0.15) is 11.6 Å². The van der Waals surface area contributed by atoms with Crippen molar-refractivity contribution >= 4 is 16.7 Å². The van der Waals surface area contributed by atoms with Crippen molar-refractivity contribution in [1.29, 1.82) is 0 Å². The van der Waals surface area contributed by atoms with E-state index in [1.165, 1.54) is 0 Å². The highest BCUT2D eigenvalue weighted by Crippen LogP contribution is 2.20. The van der Waals surface area contributed by atoms with Crippen molar-refractivity contribution in [3.63, 3.8) is 0 Å². The lowest BCUT2D eigenvalue weighted by Crippen LogP contribution is -2.11. The minimum absolute atomic E-state index is 0.264. The van der Waals surface area contributed by atoms with Crippen LogP contribution >= 0.6 is 0 Å². The Balaban J connectivity index is 1.73. The third kappa shape index (κ3) is 3.68. The Morgan fingerprint density at radius 3 is 2.71 bits per heavy atom. The molecule has 2 aromatic heterocycles. The maximum absolute atomic E-state index is 5.63. The van der Waals surface area contributed by atoms with Crippen LogP contribution in [0.5, 0.6) is 0 Å². The lowest BCUT2D eigenvalue weighted by molar-refractivity contribution is 0.373. The molecule has 7 heteroatoms. The second-order valence-corrected chi connectivity index (χ2v) is 5.92. The van der Waals surface area contributed by atoms with E-state index < -0.39 is 0 Å². The van der Waals surface area contributed by atoms with Crippen LogP contribution in [0, 0.1) is 0 Å². The van der Waals surface area contributed by atoms with E-state index >= 15 is 0 Å². The van der Waals surface area contributed by atoms with Crippen LogP contribution in [-0.4, -0.2) is 33.2 Å². The molecule has 2 heterocycles. The number of benzene rings is 1. The molecule has 0 saturated carbocycles. The van der Waals surface area contributed by atoms with Crippen LogP contribution in [0.4, 0.5) is 5.82 Å². The van der Waals surface area contributed by atoms with E-state index in [-0.39, 0.29) is 5.92 Å². The summed E-state index contributed by atoms with van der Waals surface area (Å²) in [6, 6.07) is 7.94. The molecular weight excluding hydrogens is 304 g/mol. The van der Waals surface area contributed by atoms with Gasteiger partial charge in [-0.2, -0.15) is 4.98 Å². The zero-order valence-corrected chi connectivity index (χ0v) is 14.0. The van der Waals surface area contributed by atoms with Crippen molar-refractivity contribution in [2.75, 3.05) is 18.4 Å². The standard InChI is InChI=1S/C17H22N6O/c1-11(2)16-22-15(24-23-16)8-10-19-17-12-5-3-4-6-13(12)20-14(21-17)7-9-18/h3-6,11H,7-10,18H2,1-2H3,(H,19,20,21). The molecule has 0 spiro atoms. The van der Waals surface area contributed by atoms with E-state index in [1.54, 1.807) is 0 Å². The Labute approximate surface area is 140 Å². The first-order valence-electron chi connectivity index (χ1n) is 8.19. The van der Waals surface area contributed by atoms with Crippen LogP contribution in [0.3, 0.4) is 0 Å². The van der Waals surface area contributed by atoms with Gasteiger partial charge in [0.2, 0.25) is 5.89 Å². The van der Waals surface area contributed by atoms with Crippen molar-refractivity contribution in [2.24, 2.45) is 5.73 Å². The molecule has 0 radical (unpaired) electrons. The maximum atomic E-state index is 5.63. The molecule has 0 bridgehead atoms. The Hall–Kier alpha value is -2.54. The predicted octanol–water partition coefficient (Wildman–Crippen LogP) is 2.29. The number of nitrogens with one attached hydrogen (secondary N) is 1. The Morgan fingerprint density at radius 2 is 1.96 bits per heavy atom. The number of nitrogens with two attached hydrogens (primary N) is 1. The number of anilines is 1. The largest absolute Gasteiger partial charge is 0.369 e. The highest BCUT2D eigenvalue weighted by atomic mass is 16.5. The van der Waals surface area contributed by atoms with Gasteiger partial charge < -0.3 is 15.6 Å². The number of para-hydroxylation sites is 1. The summed E-state index contributed by atoms with van der Waals surface area (Å²) in [5.41, 5.74) is 6.54. The van der Waals surface area contributed by atoms with Gasteiger partial charge in [0, 0.05) is 30.7 Å². The van der Waals surface area contributed by atoms with E-state index in [0.717, 1.165) is 28.4 Å². The van der Waals surface area contributed by atoms with Crippen LogP contribution in [0.25, 0.3) is 10.9 Å². The summed E-state index contributed by atoms with van der Waals surface area (Å²) in [5.74, 6) is 3.20. The number of hydrogen-bond acceptors (Lipinski definition) is 7. The lowest BCUT2D eigenvalue weighted by Gasteiger charge is -2.09. The van der Waals surface area contributed by atoms with Gasteiger partial charge in [0.15, 0.2) is 5.82 Å². The molecule has 1 aromatic carbocycles. The van der Waals surface area contributed by atoms with Gasteiger partial charge in [-0.3, -0.25) is 0 Å². The quantitative estimate of drug-likeness (QED) is 0.686. The first kappa shape index (κ1) is 16.3. The Bertz CT molecular complexity index is 814. The zero-order valence-electron chi connectivity index (χ0n) is 14.0. The Morgan fingerprint density at radius 1 is 1.12 bits per heavy atom. The highest BCUT2D eigenvalue weighted by Gasteiger charge is 2.10. The first-order valence-corrected chi connectivity index (χ1v) is 8.19.